The summed E-state index contributed by atoms with van der Waals surface area (Å²) in [5, 5.41) is 6.69. The van der Waals surface area contributed by atoms with Gasteiger partial charge in [0.05, 0.1) is 36.2 Å². The van der Waals surface area contributed by atoms with Crippen LogP contribution in [-0.2, 0) is 11.8 Å². The van der Waals surface area contributed by atoms with Crippen molar-refractivity contribution in [1.82, 2.24) is 29.5 Å². The van der Waals surface area contributed by atoms with Gasteiger partial charge in [0.25, 0.3) is 0 Å². The second kappa shape index (κ2) is 8.80. The third kappa shape index (κ3) is 4.31. The maximum atomic E-state index is 6.14. The lowest BCUT2D eigenvalue weighted by atomic mass is 10.2. The minimum atomic E-state index is 0.210. The van der Waals surface area contributed by atoms with Crippen molar-refractivity contribution in [3.8, 4) is 11.5 Å². The molecule has 2 aromatic carbocycles. The summed E-state index contributed by atoms with van der Waals surface area (Å²) < 4.78 is 13.5. The highest BCUT2D eigenvalue weighted by molar-refractivity contribution is 5.87. The summed E-state index contributed by atoms with van der Waals surface area (Å²) in [5.41, 5.74) is 5.11. The molecule has 0 amide bonds. The molecule has 6 rings (SSSR count). The van der Waals surface area contributed by atoms with Crippen LogP contribution in [0.2, 0.25) is 0 Å². The Morgan fingerprint density at radius 2 is 2.00 bits per heavy atom. The van der Waals surface area contributed by atoms with Crippen molar-refractivity contribution in [2.45, 2.75) is 19.4 Å². The van der Waals surface area contributed by atoms with Crippen LogP contribution in [-0.4, -0.2) is 48.7 Å². The smallest absolute Gasteiger partial charge is 0.223 e. The first kappa shape index (κ1) is 21.2. The van der Waals surface area contributed by atoms with Gasteiger partial charge in [-0.1, -0.05) is 0 Å². The fraction of sp³-hybridized carbons (Fsp3) is 0.240. The molecule has 1 aliphatic heterocycles. The fourth-order valence-electron chi connectivity index (χ4n) is 4.13. The molecule has 1 aliphatic rings. The average Bonchev–Trinajstić information content (AvgIpc) is 3.51. The average molecular weight is 469 g/mol. The van der Waals surface area contributed by atoms with E-state index >= 15 is 0 Å². The van der Waals surface area contributed by atoms with Gasteiger partial charge >= 0.3 is 0 Å². The Labute approximate surface area is 201 Å². The summed E-state index contributed by atoms with van der Waals surface area (Å²) in [6, 6.07) is 12.0. The first-order valence-corrected chi connectivity index (χ1v) is 11.4. The number of aromatic nitrogens is 6. The van der Waals surface area contributed by atoms with Gasteiger partial charge in [0, 0.05) is 25.4 Å². The van der Waals surface area contributed by atoms with E-state index in [-0.39, 0.29) is 6.04 Å². The molecule has 1 fully saturated rings. The molecule has 0 aliphatic carbocycles. The molecule has 3 aromatic heterocycles. The molecule has 1 atom stereocenters. The second-order valence-corrected chi connectivity index (χ2v) is 8.57. The number of fused-ring (bicyclic) bond motifs is 2. The van der Waals surface area contributed by atoms with Crippen LogP contribution in [0.15, 0.2) is 55.2 Å². The first-order valence-electron chi connectivity index (χ1n) is 11.4. The van der Waals surface area contributed by atoms with E-state index in [4.69, 9.17) is 9.47 Å². The zero-order valence-electron chi connectivity index (χ0n) is 19.4. The largest absolute Gasteiger partial charge is 0.457 e. The topological polar surface area (TPSA) is 112 Å². The summed E-state index contributed by atoms with van der Waals surface area (Å²) in [6.45, 7) is 3.41. The van der Waals surface area contributed by atoms with Gasteiger partial charge in [-0.2, -0.15) is 0 Å². The van der Waals surface area contributed by atoms with Crippen molar-refractivity contribution >= 4 is 39.5 Å². The van der Waals surface area contributed by atoms with Crippen molar-refractivity contribution in [2.75, 3.05) is 23.8 Å². The summed E-state index contributed by atoms with van der Waals surface area (Å²) in [7, 11) is 1.97. The number of ether oxygens (including phenoxy) is 2. The van der Waals surface area contributed by atoms with Crippen LogP contribution in [0.25, 0.3) is 22.1 Å². The first-order chi connectivity index (χ1) is 17.1. The molecule has 176 valence electrons. The lowest BCUT2D eigenvalue weighted by Crippen LogP contribution is -2.20. The number of imidazole rings is 1. The Balaban J connectivity index is 1.23. The van der Waals surface area contributed by atoms with Gasteiger partial charge in [0.15, 0.2) is 5.82 Å². The Morgan fingerprint density at radius 1 is 1.06 bits per heavy atom. The predicted molar refractivity (Wildman–Crippen MR) is 133 cm³/mol. The highest BCUT2D eigenvalue weighted by Gasteiger charge is 2.17. The summed E-state index contributed by atoms with van der Waals surface area (Å²) >= 11 is 0. The van der Waals surface area contributed by atoms with E-state index in [1.54, 1.807) is 12.5 Å². The zero-order valence-corrected chi connectivity index (χ0v) is 19.4. The Kier molecular flexibility index (Phi) is 5.34. The van der Waals surface area contributed by atoms with Gasteiger partial charge in [-0.05, 0) is 49.2 Å². The van der Waals surface area contributed by atoms with Crippen molar-refractivity contribution in [3.63, 3.8) is 0 Å². The molecule has 1 saturated heterocycles. The van der Waals surface area contributed by atoms with Crippen LogP contribution in [0, 0.1) is 6.92 Å². The van der Waals surface area contributed by atoms with Crippen molar-refractivity contribution in [1.29, 1.82) is 0 Å². The van der Waals surface area contributed by atoms with Crippen LogP contribution in [0.1, 0.15) is 12.0 Å². The molecule has 2 N–H and O–H groups in total. The number of hydrogen-bond donors (Lipinski definition) is 2. The molecule has 0 saturated carbocycles. The third-order valence-corrected chi connectivity index (χ3v) is 6.00. The summed E-state index contributed by atoms with van der Waals surface area (Å²) in [4.78, 5) is 22.2. The normalized spacial score (nSPS) is 15.5. The van der Waals surface area contributed by atoms with Gasteiger partial charge in [-0.3, -0.25) is 0 Å². The van der Waals surface area contributed by atoms with E-state index in [0.717, 1.165) is 46.8 Å². The molecule has 0 radical (unpaired) electrons. The van der Waals surface area contributed by atoms with E-state index in [0.29, 0.717) is 29.4 Å². The number of nitrogens with one attached hydrogen (secondary N) is 2. The maximum absolute atomic E-state index is 6.14. The monoisotopic (exact) mass is 468 g/mol. The minimum Gasteiger partial charge on any atom is -0.457 e. The Morgan fingerprint density at radius 3 is 2.86 bits per heavy atom. The predicted octanol–water partition coefficient (Wildman–Crippen LogP) is 4.35. The number of rotatable bonds is 6. The highest BCUT2D eigenvalue weighted by Crippen LogP contribution is 2.30. The van der Waals surface area contributed by atoms with E-state index in [9.17, 15) is 0 Å². The molecule has 5 aromatic rings. The number of aryl methyl sites for hydroxylation is 2. The highest BCUT2D eigenvalue weighted by atomic mass is 16.5. The fourth-order valence-corrected chi connectivity index (χ4v) is 4.13. The molecule has 4 heterocycles. The molecule has 0 spiro atoms. The number of nitrogens with zero attached hydrogens (tertiary/aromatic N) is 6. The van der Waals surface area contributed by atoms with E-state index in [2.05, 4.69) is 35.6 Å². The third-order valence-electron chi connectivity index (χ3n) is 6.00. The number of anilines is 3. The lowest BCUT2D eigenvalue weighted by molar-refractivity contribution is 0.195. The van der Waals surface area contributed by atoms with Crippen LogP contribution in [0.4, 0.5) is 17.5 Å². The van der Waals surface area contributed by atoms with Gasteiger partial charge in [0.1, 0.15) is 28.9 Å². The van der Waals surface area contributed by atoms with Crippen LogP contribution < -0.4 is 15.4 Å². The van der Waals surface area contributed by atoms with Crippen LogP contribution >= 0.6 is 0 Å². The standard InChI is InChI=1S/C25H24N8O2/c1-15-9-16(3-6-22(15)35-18-4-5-21-19(10-18)29-14-33(21)2)30-24-23-20(27-13-28-24)11-26-25(32-23)31-17-7-8-34-12-17/h3-6,9-11,13-14,17H,7-8,12H2,1-2H3,(H,26,31,32)(H,27,28,30)/t17-/m1/s1. The molecule has 0 unspecified atom stereocenters. The van der Waals surface area contributed by atoms with E-state index in [1.807, 2.05) is 54.9 Å². The van der Waals surface area contributed by atoms with Crippen molar-refractivity contribution < 1.29 is 9.47 Å². The van der Waals surface area contributed by atoms with Gasteiger partial charge in [0.2, 0.25) is 5.95 Å². The van der Waals surface area contributed by atoms with Crippen molar-refractivity contribution in [2.24, 2.45) is 7.05 Å². The Bertz CT molecular complexity index is 1530. The molecule has 35 heavy (non-hydrogen) atoms. The number of hydrogen-bond acceptors (Lipinski definition) is 9. The van der Waals surface area contributed by atoms with Gasteiger partial charge < -0.3 is 24.7 Å². The van der Waals surface area contributed by atoms with E-state index in [1.165, 1.54) is 6.33 Å². The zero-order chi connectivity index (χ0) is 23.8. The Hall–Kier alpha value is -4.31. The van der Waals surface area contributed by atoms with Gasteiger partial charge in [-0.25, -0.2) is 24.9 Å². The van der Waals surface area contributed by atoms with Gasteiger partial charge in [-0.15, -0.1) is 0 Å². The molecule has 10 heteroatoms. The number of benzene rings is 2. The molecule has 0 bridgehead atoms. The minimum absolute atomic E-state index is 0.210. The lowest BCUT2D eigenvalue weighted by Gasteiger charge is -2.13. The van der Waals surface area contributed by atoms with E-state index < -0.39 is 0 Å². The quantitative estimate of drug-likeness (QED) is 0.375. The molecular formula is C25H24N8O2. The SMILES string of the molecule is Cc1cc(Nc2ncnc3cnc(N[C@@H]4CCOC4)nc23)ccc1Oc1ccc2c(c1)ncn2C. The molecular weight excluding hydrogens is 444 g/mol. The van der Waals surface area contributed by atoms with Crippen LogP contribution in [0.5, 0.6) is 11.5 Å². The van der Waals surface area contributed by atoms with Crippen molar-refractivity contribution in [3.05, 3.63) is 60.8 Å². The molecule has 10 nitrogen and oxygen atoms in total. The second-order valence-electron chi connectivity index (χ2n) is 8.57. The summed E-state index contributed by atoms with van der Waals surface area (Å²) in [5.74, 6) is 2.66. The maximum Gasteiger partial charge on any atom is 0.223 e. The summed E-state index contributed by atoms with van der Waals surface area (Å²) in [6.07, 6.45) is 5.93. The van der Waals surface area contributed by atoms with Crippen LogP contribution in [0.3, 0.4) is 0 Å².